The van der Waals surface area contributed by atoms with E-state index in [4.69, 9.17) is 5.11 Å². The van der Waals surface area contributed by atoms with E-state index in [-0.39, 0.29) is 17.5 Å². The van der Waals surface area contributed by atoms with Gasteiger partial charge in [0.1, 0.15) is 0 Å². The van der Waals surface area contributed by atoms with Gasteiger partial charge in [-0.05, 0) is 43.7 Å². The molecule has 0 aliphatic rings. The summed E-state index contributed by atoms with van der Waals surface area (Å²) in [6.07, 6.45) is 3.68. The summed E-state index contributed by atoms with van der Waals surface area (Å²) in [7, 11) is 0. The predicted molar refractivity (Wildman–Crippen MR) is 77.4 cm³/mol. The molecule has 2 aromatic rings. The van der Waals surface area contributed by atoms with Gasteiger partial charge in [0.25, 0.3) is 5.91 Å². The molecule has 21 heavy (non-hydrogen) atoms. The van der Waals surface area contributed by atoms with Crippen LogP contribution < -0.4 is 5.32 Å². The third-order valence-electron chi connectivity index (χ3n) is 3.13. The third kappa shape index (κ3) is 3.68. The quantitative estimate of drug-likeness (QED) is 0.879. The molecule has 0 spiro atoms. The second-order valence-electron chi connectivity index (χ2n) is 4.94. The molecule has 0 aliphatic carbocycles. The number of hydrogen-bond donors (Lipinski definition) is 2. The molecule has 0 aliphatic heterocycles. The van der Waals surface area contributed by atoms with E-state index >= 15 is 0 Å². The van der Waals surface area contributed by atoms with E-state index in [1.165, 1.54) is 24.3 Å². The maximum atomic E-state index is 12.0. The molecule has 0 unspecified atom stereocenters. The van der Waals surface area contributed by atoms with Gasteiger partial charge in [0.15, 0.2) is 0 Å². The zero-order chi connectivity index (χ0) is 15.4. The number of carbonyl (C=O) groups is 2. The Bertz CT molecular complexity index is 646. The lowest BCUT2D eigenvalue weighted by Crippen LogP contribution is -2.29. The van der Waals surface area contributed by atoms with Crippen LogP contribution in [0.4, 0.5) is 0 Å². The lowest BCUT2D eigenvalue weighted by atomic mass is 10.1. The summed E-state index contributed by atoms with van der Waals surface area (Å²) in [5, 5.41) is 15.8. The number of carboxylic acids is 1. The van der Waals surface area contributed by atoms with Crippen molar-refractivity contribution < 1.29 is 14.7 Å². The number of amides is 1. The monoisotopic (exact) mass is 287 g/mol. The smallest absolute Gasteiger partial charge is 0.335 e. The van der Waals surface area contributed by atoms with Gasteiger partial charge in [-0.2, -0.15) is 5.10 Å². The second kappa shape index (κ2) is 6.21. The molecule has 0 bridgehead atoms. The van der Waals surface area contributed by atoms with E-state index in [1.807, 2.05) is 20.0 Å². The Morgan fingerprint density at radius 1 is 1.29 bits per heavy atom. The summed E-state index contributed by atoms with van der Waals surface area (Å²) in [5.41, 5.74) is 1.66. The van der Waals surface area contributed by atoms with Crippen LogP contribution in [0.3, 0.4) is 0 Å². The number of benzene rings is 1. The van der Waals surface area contributed by atoms with Crippen LogP contribution in [0.15, 0.2) is 36.7 Å². The lowest BCUT2D eigenvalue weighted by Gasteiger charge is -2.13. The molecule has 0 fully saturated rings. The van der Waals surface area contributed by atoms with Gasteiger partial charge in [0, 0.05) is 18.3 Å². The summed E-state index contributed by atoms with van der Waals surface area (Å²) in [5.74, 6) is -1.24. The average Bonchev–Trinajstić information content (AvgIpc) is 2.91. The highest BCUT2D eigenvalue weighted by molar-refractivity contribution is 5.95. The van der Waals surface area contributed by atoms with Gasteiger partial charge in [-0.25, -0.2) is 4.79 Å². The number of aromatic nitrogens is 2. The molecular weight excluding hydrogens is 270 g/mol. The van der Waals surface area contributed by atoms with E-state index < -0.39 is 5.97 Å². The van der Waals surface area contributed by atoms with Crippen LogP contribution in [0.2, 0.25) is 0 Å². The Hall–Kier alpha value is -2.63. The highest BCUT2D eigenvalue weighted by Crippen LogP contribution is 2.07. The van der Waals surface area contributed by atoms with Gasteiger partial charge in [0.05, 0.1) is 17.8 Å². The van der Waals surface area contributed by atoms with Gasteiger partial charge < -0.3 is 10.4 Å². The number of aromatic carboxylic acids is 1. The van der Waals surface area contributed by atoms with Crippen LogP contribution in [0.1, 0.15) is 39.2 Å². The van der Waals surface area contributed by atoms with Crippen LogP contribution in [-0.2, 0) is 0 Å². The van der Waals surface area contributed by atoms with Gasteiger partial charge in [-0.15, -0.1) is 0 Å². The first-order valence-electron chi connectivity index (χ1n) is 6.59. The summed E-state index contributed by atoms with van der Waals surface area (Å²) < 4.78 is 1.79. The Kier molecular flexibility index (Phi) is 4.37. The fourth-order valence-electron chi connectivity index (χ4n) is 1.87. The minimum Gasteiger partial charge on any atom is -0.478 e. The van der Waals surface area contributed by atoms with Crippen molar-refractivity contribution in [3.63, 3.8) is 0 Å². The highest BCUT2D eigenvalue weighted by Gasteiger charge is 2.10. The molecule has 0 radical (unpaired) electrons. The van der Waals surface area contributed by atoms with Crippen LogP contribution in [0.5, 0.6) is 0 Å². The molecular formula is C15H17N3O3. The molecule has 0 saturated carbocycles. The average molecular weight is 287 g/mol. The molecule has 110 valence electrons. The molecule has 1 aromatic carbocycles. The highest BCUT2D eigenvalue weighted by atomic mass is 16.4. The molecule has 1 atom stereocenters. The fraction of sp³-hybridized carbons (Fsp3) is 0.267. The predicted octanol–water partition coefficient (Wildman–Crippen LogP) is 1.88. The first-order chi connectivity index (χ1) is 9.97. The Morgan fingerprint density at radius 2 is 1.90 bits per heavy atom. The largest absolute Gasteiger partial charge is 0.478 e. The van der Waals surface area contributed by atoms with Crippen molar-refractivity contribution in [2.45, 2.75) is 19.9 Å². The number of nitrogens with zero attached hydrogens (tertiary/aromatic N) is 2. The summed E-state index contributed by atoms with van der Waals surface area (Å²) >= 11 is 0. The first-order valence-corrected chi connectivity index (χ1v) is 6.59. The van der Waals surface area contributed by atoms with Crippen molar-refractivity contribution in [3.8, 4) is 0 Å². The Balaban J connectivity index is 1.93. The Labute approximate surface area is 122 Å². The van der Waals surface area contributed by atoms with Gasteiger partial charge in [-0.3, -0.25) is 9.48 Å². The maximum absolute atomic E-state index is 12.0. The van der Waals surface area contributed by atoms with Crippen LogP contribution >= 0.6 is 0 Å². The molecule has 6 heteroatoms. The minimum absolute atomic E-state index is 0.0425. The molecule has 1 heterocycles. The van der Waals surface area contributed by atoms with Gasteiger partial charge in [0.2, 0.25) is 0 Å². The van der Waals surface area contributed by atoms with E-state index in [0.717, 1.165) is 5.56 Å². The number of aryl methyl sites for hydroxylation is 1. The number of rotatable bonds is 5. The number of hydrogen-bond acceptors (Lipinski definition) is 3. The van der Waals surface area contributed by atoms with E-state index in [2.05, 4.69) is 10.4 Å². The SMILES string of the molecule is Cc1cnn([C@H](C)CNC(=O)c2ccc(C(=O)O)cc2)c1. The molecule has 6 nitrogen and oxygen atoms in total. The summed E-state index contributed by atoms with van der Waals surface area (Å²) in [6, 6.07) is 5.87. The summed E-state index contributed by atoms with van der Waals surface area (Å²) in [6.45, 7) is 4.36. The minimum atomic E-state index is -1.01. The van der Waals surface area contributed by atoms with Crippen molar-refractivity contribution in [3.05, 3.63) is 53.3 Å². The van der Waals surface area contributed by atoms with Crippen molar-refractivity contribution >= 4 is 11.9 Å². The van der Waals surface area contributed by atoms with Crippen molar-refractivity contribution in [1.82, 2.24) is 15.1 Å². The zero-order valence-electron chi connectivity index (χ0n) is 11.9. The van der Waals surface area contributed by atoms with Crippen molar-refractivity contribution in [1.29, 1.82) is 0 Å². The van der Waals surface area contributed by atoms with Crippen molar-refractivity contribution in [2.24, 2.45) is 0 Å². The van der Waals surface area contributed by atoms with Gasteiger partial charge >= 0.3 is 5.97 Å². The molecule has 2 rings (SSSR count). The van der Waals surface area contributed by atoms with Crippen LogP contribution in [0.25, 0.3) is 0 Å². The molecule has 0 saturated heterocycles. The topological polar surface area (TPSA) is 84.2 Å². The number of nitrogens with one attached hydrogen (secondary N) is 1. The zero-order valence-corrected chi connectivity index (χ0v) is 11.9. The maximum Gasteiger partial charge on any atom is 0.335 e. The second-order valence-corrected chi connectivity index (χ2v) is 4.94. The van der Waals surface area contributed by atoms with E-state index in [0.29, 0.717) is 12.1 Å². The van der Waals surface area contributed by atoms with Crippen molar-refractivity contribution in [2.75, 3.05) is 6.54 Å². The molecule has 2 N–H and O–H groups in total. The first kappa shape index (κ1) is 14.8. The van der Waals surface area contributed by atoms with E-state index in [9.17, 15) is 9.59 Å². The van der Waals surface area contributed by atoms with Crippen LogP contribution in [0, 0.1) is 6.92 Å². The normalized spacial score (nSPS) is 11.9. The molecule has 1 amide bonds. The lowest BCUT2D eigenvalue weighted by molar-refractivity contribution is 0.0696. The summed E-state index contributed by atoms with van der Waals surface area (Å²) in [4.78, 5) is 22.7. The third-order valence-corrected chi connectivity index (χ3v) is 3.13. The number of carboxylic acid groups (broad SMARTS) is 1. The Morgan fingerprint density at radius 3 is 2.43 bits per heavy atom. The van der Waals surface area contributed by atoms with Crippen LogP contribution in [-0.4, -0.2) is 33.3 Å². The fourth-order valence-corrected chi connectivity index (χ4v) is 1.87. The van der Waals surface area contributed by atoms with E-state index in [1.54, 1.807) is 10.9 Å². The molecule has 1 aromatic heterocycles. The standard InChI is InChI=1S/C15H17N3O3/c1-10-7-17-18(9-10)11(2)8-16-14(19)12-3-5-13(6-4-12)15(20)21/h3-7,9,11H,8H2,1-2H3,(H,16,19)(H,20,21)/t11-/m1/s1. The number of carbonyl (C=O) groups excluding carboxylic acids is 1. The van der Waals surface area contributed by atoms with Gasteiger partial charge in [-0.1, -0.05) is 0 Å².